The molecule has 0 aliphatic carbocycles. The van der Waals surface area contributed by atoms with Crippen molar-refractivity contribution < 1.29 is 21.6 Å². The van der Waals surface area contributed by atoms with Gasteiger partial charge in [-0.15, -0.1) is 0 Å². The van der Waals surface area contributed by atoms with Crippen LogP contribution in [0.2, 0.25) is 0 Å². The third-order valence-electron chi connectivity index (χ3n) is 4.47. The largest absolute Gasteiger partial charge is 0.501 e. The van der Waals surface area contributed by atoms with E-state index in [-0.39, 0.29) is 0 Å². The Hall–Kier alpha value is -2.54. The van der Waals surface area contributed by atoms with Crippen LogP contribution >= 0.6 is 0 Å². The first kappa shape index (κ1) is 16.0. The van der Waals surface area contributed by atoms with Crippen LogP contribution < -0.4 is 0 Å². The summed E-state index contributed by atoms with van der Waals surface area (Å²) in [5.74, 6) is 0. The molecule has 128 valence electrons. The topological polar surface area (TPSA) is 39.1 Å². The molecule has 7 heteroatoms. The van der Waals surface area contributed by atoms with Crippen molar-refractivity contribution in [3.8, 4) is 0 Å². The molecule has 4 aromatic rings. The molecule has 0 atom stereocenters. The Labute approximate surface area is 141 Å². The standard InChI is InChI=1S/C18H12F3NO2S/c1-22-16-5-3-2-4-14(16)15-8-6-11-10-12(7-9-13(11)17(15)22)25(23,24)18(19,20)21/h2-10H,1H3. The number of nitrogens with zero attached hydrogens (tertiary/aromatic N) is 1. The van der Waals surface area contributed by atoms with Crippen molar-refractivity contribution in [2.24, 2.45) is 7.05 Å². The van der Waals surface area contributed by atoms with Crippen LogP contribution in [0.1, 0.15) is 0 Å². The fourth-order valence-electron chi connectivity index (χ4n) is 3.29. The zero-order valence-electron chi connectivity index (χ0n) is 13.0. The number of halogens is 3. The van der Waals surface area contributed by atoms with Crippen LogP contribution in [0.5, 0.6) is 0 Å². The number of sulfone groups is 1. The second-order valence-electron chi connectivity index (χ2n) is 5.87. The maximum Gasteiger partial charge on any atom is 0.501 e. The maximum absolute atomic E-state index is 12.8. The number of fused-ring (bicyclic) bond motifs is 5. The number of hydrogen-bond donors (Lipinski definition) is 0. The molecule has 25 heavy (non-hydrogen) atoms. The number of benzene rings is 3. The summed E-state index contributed by atoms with van der Waals surface area (Å²) in [6.07, 6.45) is 0. The lowest BCUT2D eigenvalue weighted by molar-refractivity contribution is -0.0435. The summed E-state index contributed by atoms with van der Waals surface area (Å²) in [4.78, 5) is -0.745. The van der Waals surface area contributed by atoms with Gasteiger partial charge in [-0.05, 0) is 23.6 Å². The summed E-state index contributed by atoms with van der Waals surface area (Å²) in [7, 11) is -3.48. The molecule has 0 aliphatic heterocycles. The average Bonchev–Trinajstić information content (AvgIpc) is 2.87. The molecule has 0 unspecified atom stereocenters. The third kappa shape index (κ3) is 2.15. The lowest BCUT2D eigenvalue weighted by atomic mass is 10.1. The molecule has 3 nitrogen and oxygen atoms in total. The molecule has 1 heterocycles. The summed E-state index contributed by atoms with van der Waals surface area (Å²) < 4.78 is 63.6. The zero-order chi connectivity index (χ0) is 18.0. The van der Waals surface area contributed by atoms with Crippen LogP contribution in [0, 0.1) is 0 Å². The van der Waals surface area contributed by atoms with Crippen molar-refractivity contribution in [3.63, 3.8) is 0 Å². The molecule has 4 rings (SSSR count). The van der Waals surface area contributed by atoms with E-state index in [4.69, 9.17) is 0 Å². The van der Waals surface area contributed by atoms with Crippen molar-refractivity contribution in [2.75, 3.05) is 0 Å². The fraction of sp³-hybridized carbons (Fsp3) is 0.111. The molecule has 0 saturated heterocycles. The monoisotopic (exact) mass is 363 g/mol. The Bertz CT molecular complexity index is 1250. The van der Waals surface area contributed by atoms with Gasteiger partial charge in [0.1, 0.15) is 0 Å². The average molecular weight is 363 g/mol. The molecule has 1 aromatic heterocycles. The van der Waals surface area contributed by atoms with Crippen LogP contribution in [0.25, 0.3) is 32.6 Å². The number of aromatic nitrogens is 1. The number of rotatable bonds is 1. The fourth-order valence-corrected chi connectivity index (χ4v) is 4.08. The summed E-state index contributed by atoms with van der Waals surface area (Å²) >= 11 is 0. The van der Waals surface area contributed by atoms with Gasteiger partial charge in [-0.3, -0.25) is 0 Å². The zero-order valence-corrected chi connectivity index (χ0v) is 13.8. The molecule has 0 spiro atoms. The van der Waals surface area contributed by atoms with Gasteiger partial charge in [-0.2, -0.15) is 13.2 Å². The quantitative estimate of drug-likeness (QED) is 0.488. The van der Waals surface area contributed by atoms with E-state index in [1.807, 2.05) is 41.9 Å². The number of hydrogen-bond acceptors (Lipinski definition) is 2. The predicted molar refractivity (Wildman–Crippen MR) is 91.2 cm³/mol. The van der Waals surface area contributed by atoms with Gasteiger partial charge in [0.15, 0.2) is 0 Å². The Morgan fingerprint density at radius 1 is 0.880 bits per heavy atom. The van der Waals surface area contributed by atoms with E-state index in [1.54, 1.807) is 6.07 Å². The van der Waals surface area contributed by atoms with E-state index in [0.29, 0.717) is 10.8 Å². The first-order valence-corrected chi connectivity index (χ1v) is 8.91. The number of aryl methyl sites for hydroxylation is 1. The van der Waals surface area contributed by atoms with Crippen LogP contribution in [0.4, 0.5) is 13.2 Å². The minimum atomic E-state index is -5.36. The molecule has 3 aromatic carbocycles. The molecule has 0 radical (unpaired) electrons. The van der Waals surface area contributed by atoms with Crippen LogP contribution in [-0.2, 0) is 16.9 Å². The molecular formula is C18H12F3NO2S. The van der Waals surface area contributed by atoms with Gasteiger partial charge in [-0.1, -0.05) is 36.4 Å². The van der Waals surface area contributed by atoms with Crippen LogP contribution in [-0.4, -0.2) is 18.5 Å². The molecule has 0 amide bonds. The van der Waals surface area contributed by atoms with E-state index < -0.39 is 20.2 Å². The maximum atomic E-state index is 12.8. The van der Waals surface area contributed by atoms with Crippen molar-refractivity contribution in [3.05, 3.63) is 54.6 Å². The van der Waals surface area contributed by atoms with Gasteiger partial charge in [0.2, 0.25) is 0 Å². The van der Waals surface area contributed by atoms with E-state index in [1.165, 1.54) is 6.07 Å². The van der Waals surface area contributed by atoms with E-state index >= 15 is 0 Å². The van der Waals surface area contributed by atoms with E-state index in [0.717, 1.165) is 33.9 Å². The lowest BCUT2D eigenvalue weighted by Gasteiger charge is -2.10. The van der Waals surface area contributed by atoms with Crippen molar-refractivity contribution in [2.45, 2.75) is 10.4 Å². The highest BCUT2D eigenvalue weighted by atomic mass is 32.2. The predicted octanol–water partition coefficient (Wildman–Crippen LogP) is 4.78. The summed E-state index contributed by atoms with van der Waals surface area (Å²) in [5.41, 5.74) is -3.46. The molecule has 0 bridgehead atoms. The van der Waals surface area contributed by atoms with Crippen LogP contribution in [0.3, 0.4) is 0 Å². The first-order valence-electron chi connectivity index (χ1n) is 7.43. The van der Waals surface area contributed by atoms with E-state index in [2.05, 4.69) is 0 Å². The van der Waals surface area contributed by atoms with E-state index in [9.17, 15) is 21.6 Å². The van der Waals surface area contributed by atoms with Crippen LogP contribution in [0.15, 0.2) is 59.5 Å². The van der Waals surface area contributed by atoms with Crippen molar-refractivity contribution in [1.82, 2.24) is 4.57 Å². The lowest BCUT2D eigenvalue weighted by Crippen LogP contribution is -2.23. The van der Waals surface area contributed by atoms with Gasteiger partial charge in [-0.25, -0.2) is 8.42 Å². The Balaban J connectivity index is 2.08. The van der Waals surface area contributed by atoms with Gasteiger partial charge in [0.25, 0.3) is 9.84 Å². The minimum absolute atomic E-state index is 0.448. The molecular weight excluding hydrogens is 351 g/mol. The smallest absolute Gasteiger partial charge is 0.343 e. The second-order valence-corrected chi connectivity index (χ2v) is 7.81. The second kappa shape index (κ2) is 4.98. The van der Waals surface area contributed by atoms with Crippen molar-refractivity contribution in [1.29, 1.82) is 0 Å². The Kier molecular flexibility index (Phi) is 3.18. The molecule has 0 N–H and O–H groups in total. The van der Waals surface area contributed by atoms with Gasteiger partial charge in [0, 0.05) is 28.7 Å². The highest BCUT2D eigenvalue weighted by Gasteiger charge is 2.46. The van der Waals surface area contributed by atoms with Gasteiger partial charge in [0.05, 0.1) is 10.4 Å². The molecule has 0 saturated carbocycles. The minimum Gasteiger partial charge on any atom is -0.343 e. The number of alkyl halides is 3. The van der Waals surface area contributed by atoms with Crippen molar-refractivity contribution >= 4 is 42.4 Å². The first-order chi connectivity index (χ1) is 11.7. The summed E-state index contributed by atoms with van der Waals surface area (Å²) in [6.45, 7) is 0. The highest BCUT2D eigenvalue weighted by molar-refractivity contribution is 7.92. The SMILES string of the molecule is Cn1c2ccccc2c2ccc3cc(S(=O)(=O)C(F)(F)F)ccc3c21. The summed E-state index contributed by atoms with van der Waals surface area (Å²) in [5, 5.41) is 3.16. The molecule has 0 fully saturated rings. The normalized spacial score (nSPS) is 13.1. The summed E-state index contributed by atoms with van der Waals surface area (Å²) in [6, 6.07) is 14.8. The van der Waals surface area contributed by atoms with Gasteiger partial charge < -0.3 is 4.57 Å². The Morgan fingerprint density at radius 3 is 2.28 bits per heavy atom. The molecule has 0 aliphatic rings. The Morgan fingerprint density at radius 2 is 1.56 bits per heavy atom. The van der Waals surface area contributed by atoms with Gasteiger partial charge >= 0.3 is 5.51 Å². The highest BCUT2D eigenvalue weighted by Crippen LogP contribution is 2.36. The third-order valence-corrected chi connectivity index (χ3v) is 5.95. The number of para-hydroxylation sites is 1.